The van der Waals surface area contributed by atoms with Crippen molar-refractivity contribution in [2.24, 2.45) is 0 Å². The zero-order valence-corrected chi connectivity index (χ0v) is 73.4. The maximum Gasteiger partial charge on any atom is 0.335 e. The van der Waals surface area contributed by atoms with Crippen molar-refractivity contribution in [3.63, 3.8) is 0 Å². The number of carbonyl (C=O) groups is 6. The Bertz CT molecular complexity index is 9370. The van der Waals surface area contributed by atoms with Gasteiger partial charge in [-0.15, -0.1) is 0 Å². The molecule has 26 rings (SSSR count). The molecule has 0 saturated carbocycles. The van der Waals surface area contributed by atoms with E-state index in [-0.39, 0.29) is 88.8 Å². The molecule has 2 aliphatic heterocycles. The molecule has 21 heteroatoms. The highest BCUT2D eigenvalue weighted by atomic mass is 16.5. The molecule has 0 bridgehead atoms. The van der Waals surface area contributed by atoms with Gasteiger partial charge in [-0.25, -0.2) is 28.5 Å². The molecule has 2 aliphatic rings. The summed E-state index contributed by atoms with van der Waals surface area (Å²) in [6.07, 6.45) is 1.83. The van der Waals surface area contributed by atoms with Crippen LogP contribution in [-0.2, 0) is 15.0 Å². The summed E-state index contributed by atoms with van der Waals surface area (Å²) < 4.78 is 24.4. The number of fused-ring (bicyclic) bond motifs is 17. The zero-order chi connectivity index (χ0) is 93.4. The van der Waals surface area contributed by atoms with Gasteiger partial charge in [0.1, 0.15) is 5.69 Å². The Balaban J connectivity index is 0.599. The standard InChI is InChI=1S/C117H69N9O12/c1-5-104(127)137-102-53-47-64(55-98(102)124-111(131)82-51-49-80-106-81(50-52-83(107(82)106)112(124)132)110(130)121(109(80)129)68-58-66(118-88-37-17-7-27-70(88)71-28-8-18-38-89(71)118)57-67(59-68)119-90-39-19-9-29-72(90)73-30-10-20-40-91(73)119)117(3,4)65-48-54-103(138-105(128)6-2)99(56-65)125-113(133)84-62-86-87(63-85(84)114(125)134)116(136)126(115(86)135)108-100(122-94-43-23-13-33-76(94)77-34-14-24-44-95(77)122)60-69(120-92-41-21-11-31-74(92)75-32-12-22-42-93(75)120)61-101(108)123-96-45-25-15-35-78(96)79-36-16-26-46-97(79)123/h5-63H,1-2H2,3-4H3. The monoisotopic (exact) mass is 1790 g/mol. The summed E-state index contributed by atoms with van der Waals surface area (Å²) >= 11 is 0. The first kappa shape index (κ1) is 79.9. The average molecular weight is 1790 g/mol. The quantitative estimate of drug-likeness (QED) is 0.0404. The first-order valence-corrected chi connectivity index (χ1v) is 44.9. The van der Waals surface area contributed by atoms with Gasteiger partial charge in [0.25, 0.3) is 45.9 Å². The van der Waals surface area contributed by atoms with Crippen LogP contribution in [-0.4, -0.2) is 67.5 Å². The van der Waals surface area contributed by atoms with Gasteiger partial charge in [-0.05, 0) is 163 Å². The maximum atomic E-state index is 16.5. The number of hydrogen-bond acceptors (Lipinski definition) is 12. The lowest BCUT2D eigenvalue weighted by atomic mass is 9.77. The lowest BCUT2D eigenvalue weighted by Crippen LogP contribution is -2.43. The van der Waals surface area contributed by atoms with E-state index in [1.165, 1.54) is 60.7 Å². The van der Waals surface area contributed by atoms with Crippen LogP contribution in [0.4, 0.5) is 11.4 Å². The summed E-state index contributed by atoms with van der Waals surface area (Å²) in [4.78, 5) is 157. The summed E-state index contributed by atoms with van der Waals surface area (Å²) in [5, 5.41) is 8.94. The van der Waals surface area contributed by atoms with E-state index in [2.05, 4.69) is 90.6 Å². The molecule has 7 aromatic heterocycles. The highest BCUT2D eigenvalue weighted by Crippen LogP contribution is 2.49. The minimum Gasteiger partial charge on any atom is -0.421 e. The van der Waals surface area contributed by atoms with E-state index < -0.39 is 63.2 Å². The van der Waals surface area contributed by atoms with Gasteiger partial charge in [-0.3, -0.25) is 38.4 Å². The fourth-order valence-corrected chi connectivity index (χ4v) is 21.7. The lowest BCUT2D eigenvalue weighted by molar-refractivity contribution is -0.129. The molecule has 0 fully saturated rings. The molecule has 21 nitrogen and oxygen atoms in total. The average Bonchev–Trinajstić information content (AvgIpc) is 1.64. The second kappa shape index (κ2) is 29.5. The van der Waals surface area contributed by atoms with Crippen molar-refractivity contribution in [3.8, 4) is 51.3 Å². The number of nitrogens with zero attached hydrogens (tertiary/aromatic N) is 9. The lowest BCUT2D eigenvalue weighted by Gasteiger charge is -2.33. The van der Waals surface area contributed by atoms with E-state index in [1.54, 1.807) is 26.0 Å². The first-order valence-electron chi connectivity index (χ1n) is 44.9. The Morgan fingerprint density at radius 3 is 0.804 bits per heavy atom. The van der Waals surface area contributed by atoms with Crippen molar-refractivity contribution in [1.82, 2.24) is 32.0 Å². The van der Waals surface area contributed by atoms with E-state index in [1.807, 2.05) is 218 Å². The second-order valence-electron chi connectivity index (χ2n) is 35.4. The molecule has 0 atom stereocenters. The van der Waals surface area contributed by atoms with Crippen LogP contribution < -0.4 is 41.5 Å². The predicted octanol–water partition coefficient (Wildman–Crippen LogP) is 22.6. The van der Waals surface area contributed by atoms with Crippen LogP contribution in [0.15, 0.2) is 390 Å². The number of rotatable bonds is 15. The second-order valence-corrected chi connectivity index (χ2v) is 35.4. The molecule has 138 heavy (non-hydrogen) atoms. The Morgan fingerprint density at radius 1 is 0.246 bits per heavy atom. The molecule has 0 unspecified atom stereocenters. The van der Waals surface area contributed by atoms with Gasteiger partial charge in [0.05, 0.1) is 122 Å². The molecule has 0 aliphatic carbocycles. The van der Waals surface area contributed by atoms with Gasteiger partial charge in [-0.2, -0.15) is 0 Å². The summed E-state index contributed by atoms with van der Waals surface area (Å²) in [6.45, 7) is 10.8. The molecule has 17 aromatic carbocycles. The molecule has 0 saturated heterocycles. The molecular formula is C117H69N9O12. The Kier molecular flexibility index (Phi) is 17.1. The van der Waals surface area contributed by atoms with Crippen molar-refractivity contribution in [2.45, 2.75) is 19.3 Å². The SMILES string of the molecule is C=CC(=O)Oc1ccc(C(C)(C)c2ccc(OC(=O)C=C)c(-n3c(=O)c4cc5c(=O)n(-c6c(-n7c8ccccc8c8ccccc87)cc(-n7c8ccccc8c8ccccc87)cc6-n6c7ccccc7c7ccccc76)c(=O)c5cc4c3=O)c2)cc1N1C(=O)c2ccc3c4c(ccc(c24)C1=O)C(=O)N(c1cc(-n2c4ccccc4c4ccccc42)cc(-n2c4ccccc4c4ccccc42)c1)C3=O. The van der Waals surface area contributed by atoms with Crippen LogP contribution in [0.5, 0.6) is 11.5 Å². The molecule has 9 heterocycles. The van der Waals surface area contributed by atoms with Gasteiger partial charge in [0.15, 0.2) is 11.5 Å². The van der Waals surface area contributed by atoms with Gasteiger partial charge in [0.2, 0.25) is 0 Å². The number of carbonyl (C=O) groups excluding carboxylic acids is 6. The summed E-state index contributed by atoms with van der Waals surface area (Å²) in [5.74, 6) is -5.63. The zero-order valence-electron chi connectivity index (χ0n) is 73.4. The van der Waals surface area contributed by atoms with E-state index in [9.17, 15) is 9.59 Å². The van der Waals surface area contributed by atoms with Crippen molar-refractivity contribution in [2.75, 3.05) is 9.80 Å². The van der Waals surface area contributed by atoms with Crippen LogP contribution in [0.3, 0.4) is 0 Å². The van der Waals surface area contributed by atoms with Crippen LogP contribution in [0, 0.1) is 0 Å². The van der Waals surface area contributed by atoms with E-state index in [0.29, 0.717) is 39.6 Å². The summed E-state index contributed by atoms with van der Waals surface area (Å²) in [7, 11) is 0. The highest BCUT2D eigenvalue weighted by molar-refractivity contribution is 6.43. The minimum atomic E-state index is -1.31. The largest absolute Gasteiger partial charge is 0.421 e. The van der Waals surface area contributed by atoms with Crippen molar-refractivity contribution in [1.29, 1.82) is 0 Å². The third kappa shape index (κ3) is 11.2. The number of aromatic nitrogens is 7. The van der Waals surface area contributed by atoms with Crippen LogP contribution in [0.25, 0.3) is 181 Å². The molecule has 0 spiro atoms. The molecule has 4 amide bonds. The highest BCUT2D eigenvalue weighted by Gasteiger charge is 2.44. The molecule has 0 radical (unpaired) electrons. The van der Waals surface area contributed by atoms with E-state index in [4.69, 9.17) is 9.47 Å². The molecule has 654 valence electrons. The number of esters is 2. The van der Waals surface area contributed by atoms with Gasteiger partial charge in [-0.1, -0.05) is 221 Å². The number of ether oxygens (including phenoxy) is 2. The van der Waals surface area contributed by atoms with Crippen molar-refractivity contribution in [3.05, 3.63) is 446 Å². The van der Waals surface area contributed by atoms with Crippen LogP contribution in [0.1, 0.15) is 66.4 Å². The summed E-state index contributed by atoms with van der Waals surface area (Å²) in [5.41, 5.74) is 7.28. The first-order chi connectivity index (χ1) is 67.3. The van der Waals surface area contributed by atoms with Crippen LogP contribution >= 0.6 is 0 Å². The number of benzene rings is 17. The smallest absolute Gasteiger partial charge is 0.335 e. The molecule has 0 N–H and O–H groups in total. The Hall–Kier alpha value is -19.0. The molecular weight excluding hydrogens is 1720 g/mol. The predicted molar refractivity (Wildman–Crippen MR) is 542 cm³/mol. The third-order valence-electron chi connectivity index (χ3n) is 28.0. The minimum absolute atomic E-state index is 0.0436. The maximum absolute atomic E-state index is 16.5. The van der Waals surface area contributed by atoms with Crippen molar-refractivity contribution < 1.29 is 38.2 Å². The Morgan fingerprint density at radius 2 is 0.500 bits per heavy atom. The topological polar surface area (TPSA) is 230 Å². The molecule has 24 aromatic rings. The van der Waals surface area contributed by atoms with Crippen LogP contribution in [0.2, 0.25) is 0 Å². The Labute approximate surface area is 780 Å². The van der Waals surface area contributed by atoms with Crippen molar-refractivity contribution >= 4 is 188 Å². The summed E-state index contributed by atoms with van der Waals surface area (Å²) in [6, 6.07) is 108. The number of anilines is 2. The number of amides is 4. The fourth-order valence-electron chi connectivity index (χ4n) is 21.7. The van der Waals surface area contributed by atoms with Gasteiger partial charge in [0, 0.05) is 104 Å². The van der Waals surface area contributed by atoms with Gasteiger partial charge >= 0.3 is 11.9 Å². The number of para-hydroxylation sites is 10. The normalized spacial score (nSPS) is 13.0. The number of imide groups is 2. The third-order valence-corrected chi connectivity index (χ3v) is 28.0. The van der Waals surface area contributed by atoms with E-state index in [0.717, 1.165) is 140 Å². The number of hydrogen-bond donors (Lipinski definition) is 0. The van der Waals surface area contributed by atoms with Gasteiger partial charge < -0.3 is 32.3 Å². The van der Waals surface area contributed by atoms with E-state index >= 15 is 38.4 Å². The fraction of sp³-hybridized carbons (Fsp3) is 0.0256.